The van der Waals surface area contributed by atoms with Crippen LogP contribution in [0.25, 0.3) is 11.1 Å². The summed E-state index contributed by atoms with van der Waals surface area (Å²) in [6.45, 7) is 1.64. The lowest BCUT2D eigenvalue weighted by Crippen LogP contribution is -2.31. The first kappa shape index (κ1) is 18.7. The number of methoxy groups -OCH3 is 2. The van der Waals surface area contributed by atoms with Crippen LogP contribution in [0, 0.1) is 5.92 Å². The van der Waals surface area contributed by atoms with Gasteiger partial charge in [-0.2, -0.15) is 0 Å². The van der Waals surface area contributed by atoms with E-state index >= 15 is 0 Å². The van der Waals surface area contributed by atoms with Crippen molar-refractivity contribution in [2.45, 2.75) is 25.8 Å². The van der Waals surface area contributed by atoms with Crippen LogP contribution in [0.5, 0.6) is 11.5 Å². The molecule has 1 aliphatic carbocycles. The fourth-order valence-electron chi connectivity index (χ4n) is 2.95. The van der Waals surface area contributed by atoms with Gasteiger partial charge in [0.2, 0.25) is 10.0 Å². The number of ether oxygens (including phenoxy) is 2. The van der Waals surface area contributed by atoms with Crippen molar-refractivity contribution in [3.8, 4) is 22.6 Å². The highest BCUT2D eigenvalue weighted by atomic mass is 32.2. The first-order chi connectivity index (χ1) is 12.5. The van der Waals surface area contributed by atoms with Crippen molar-refractivity contribution >= 4 is 10.0 Å². The Kier molecular flexibility index (Phi) is 5.48. The third-order valence-electron chi connectivity index (χ3n) is 4.62. The Morgan fingerprint density at radius 2 is 1.96 bits per heavy atom. The molecule has 26 heavy (non-hydrogen) atoms. The Balaban J connectivity index is 1.97. The van der Waals surface area contributed by atoms with Crippen LogP contribution in [-0.4, -0.2) is 33.4 Å². The summed E-state index contributed by atoms with van der Waals surface area (Å²) in [6, 6.07) is 7.35. The van der Waals surface area contributed by atoms with Crippen molar-refractivity contribution in [1.29, 1.82) is 0 Å². The SMILES string of the molecule is CCS(=O)(=O)NC(c1cncc(-c2ccc(OC)cc2OC)c1)C1CC1. The van der Waals surface area contributed by atoms with Gasteiger partial charge in [-0.15, -0.1) is 0 Å². The molecule has 0 saturated heterocycles. The minimum atomic E-state index is -3.29. The number of hydrogen-bond donors (Lipinski definition) is 1. The lowest BCUT2D eigenvalue weighted by molar-refractivity contribution is 0.395. The number of rotatable bonds is 8. The maximum atomic E-state index is 12.1. The molecule has 1 fully saturated rings. The normalized spacial score (nSPS) is 15.5. The molecule has 0 aliphatic heterocycles. The maximum Gasteiger partial charge on any atom is 0.211 e. The van der Waals surface area contributed by atoms with Crippen LogP contribution in [0.2, 0.25) is 0 Å². The molecule has 1 atom stereocenters. The minimum Gasteiger partial charge on any atom is -0.497 e. The van der Waals surface area contributed by atoms with Gasteiger partial charge in [-0.1, -0.05) is 0 Å². The molecule has 1 unspecified atom stereocenters. The van der Waals surface area contributed by atoms with Gasteiger partial charge >= 0.3 is 0 Å². The Morgan fingerprint density at radius 3 is 2.58 bits per heavy atom. The molecule has 7 heteroatoms. The summed E-state index contributed by atoms with van der Waals surface area (Å²) in [5.41, 5.74) is 2.64. The molecule has 0 bridgehead atoms. The summed E-state index contributed by atoms with van der Waals surface area (Å²) in [5, 5.41) is 0. The molecule has 0 amide bonds. The smallest absolute Gasteiger partial charge is 0.211 e. The molecule has 1 aromatic heterocycles. The van der Waals surface area contributed by atoms with E-state index in [1.807, 2.05) is 24.3 Å². The number of pyridine rings is 1. The van der Waals surface area contributed by atoms with Crippen LogP contribution in [0.3, 0.4) is 0 Å². The van der Waals surface area contributed by atoms with Crippen LogP contribution < -0.4 is 14.2 Å². The summed E-state index contributed by atoms with van der Waals surface area (Å²) >= 11 is 0. The zero-order valence-electron chi connectivity index (χ0n) is 15.2. The third-order valence-corrected chi connectivity index (χ3v) is 5.99. The van der Waals surface area contributed by atoms with Gasteiger partial charge in [0.15, 0.2) is 0 Å². The van der Waals surface area contributed by atoms with Crippen LogP contribution in [0.4, 0.5) is 0 Å². The average Bonchev–Trinajstić information content (AvgIpc) is 3.51. The van der Waals surface area contributed by atoms with Gasteiger partial charge in [-0.3, -0.25) is 4.98 Å². The average molecular weight is 376 g/mol. The van der Waals surface area contributed by atoms with Crippen LogP contribution in [-0.2, 0) is 10.0 Å². The van der Waals surface area contributed by atoms with Crippen molar-refractivity contribution in [2.75, 3.05) is 20.0 Å². The van der Waals surface area contributed by atoms with Gasteiger partial charge in [0.1, 0.15) is 11.5 Å². The largest absolute Gasteiger partial charge is 0.497 e. The zero-order chi connectivity index (χ0) is 18.7. The Hall–Kier alpha value is -2.12. The molecule has 0 spiro atoms. The summed E-state index contributed by atoms with van der Waals surface area (Å²) < 4.78 is 37.7. The van der Waals surface area contributed by atoms with Gasteiger partial charge in [-0.05, 0) is 49.4 Å². The number of sulfonamides is 1. The van der Waals surface area contributed by atoms with Gasteiger partial charge in [0.05, 0.1) is 26.0 Å². The van der Waals surface area contributed by atoms with E-state index < -0.39 is 10.0 Å². The summed E-state index contributed by atoms with van der Waals surface area (Å²) in [6.07, 6.45) is 5.53. The van der Waals surface area contributed by atoms with Crippen LogP contribution >= 0.6 is 0 Å². The lowest BCUT2D eigenvalue weighted by Gasteiger charge is -2.19. The molecular formula is C19H24N2O4S. The predicted molar refractivity (Wildman–Crippen MR) is 101 cm³/mol. The second kappa shape index (κ2) is 7.63. The molecule has 140 valence electrons. The summed E-state index contributed by atoms with van der Waals surface area (Å²) in [4.78, 5) is 4.34. The Labute approximate surface area is 154 Å². The van der Waals surface area contributed by atoms with Crippen molar-refractivity contribution in [3.05, 3.63) is 42.2 Å². The zero-order valence-corrected chi connectivity index (χ0v) is 16.0. The first-order valence-electron chi connectivity index (χ1n) is 8.64. The summed E-state index contributed by atoms with van der Waals surface area (Å²) in [7, 11) is -0.0733. The lowest BCUT2D eigenvalue weighted by atomic mass is 10.00. The molecule has 6 nitrogen and oxygen atoms in total. The highest BCUT2D eigenvalue weighted by Crippen LogP contribution is 2.42. The molecule has 1 N–H and O–H groups in total. The molecule has 2 aromatic rings. The van der Waals surface area contributed by atoms with E-state index in [-0.39, 0.29) is 11.8 Å². The second-order valence-corrected chi connectivity index (χ2v) is 8.45. The molecule has 1 heterocycles. The van der Waals surface area contributed by atoms with Crippen molar-refractivity contribution < 1.29 is 17.9 Å². The van der Waals surface area contributed by atoms with E-state index in [1.165, 1.54) is 0 Å². The van der Waals surface area contributed by atoms with Gasteiger partial charge in [-0.25, -0.2) is 13.1 Å². The van der Waals surface area contributed by atoms with Gasteiger partial charge in [0.25, 0.3) is 0 Å². The molecular weight excluding hydrogens is 352 g/mol. The van der Waals surface area contributed by atoms with Crippen molar-refractivity contribution in [1.82, 2.24) is 9.71 Å². The summed E-state index contributed by atoms with van der Waals surface area (Å²) in [5.74, 6) is 1.78. The quantitative estimate of drug-likeness (QED) is 0.766. The predicted octanol–water partition coefficient (Wildman–Crippen LogP) is 3.16. The maximum absolute atomic E-state index is 12.1. The second-order valence-electron chi connectivity index (χ2n) is 6.41. The van der Waals surface area contributed by atoms with E-state index in [2.05, 4.69) is 9.71 Å². The van der Waals surface area contributed by atoms with Crippen molar-refractivity contribution in [3.63, 3.8) is 0 Å². The van der Waals surface area contributed by atoms with Crippen LogP contribution in [0.1, 0.15) is 31.4 Å². The number of hydrogen-bond acceptors (Lipinski definition) is 5. The van der Waals surface area contributed by atoms with E-state index in [1.54, 1.807) is 33.5 Å². The molecule has 1 saturated carbocycles. The molecule has 1 aromatic carbocycles. The third kappa shape index (κ3) is 4.16. The number of benzene rings is 1. The minimum absolute atomic E-state index is 0.0651. The standard InChI is InChI=1S/C19H24N2O4S/c1-4-26(22,23)21-19(13-5-6-13)15-9-14(11-20-12-15)17-8-7-16(24-2)10-18(17)25-3/h7-13,19,21H,4-6H2,1-3H3. The fraction of sp³-hybridized carbons (Fsp3) is 0.421. The van der Waals surface area contributed by atoms with E-state index in [4.69, 9.17) is 9.47 Å². The Morgan fingerprint density at radius 1 is 1.19 bits per heavy atom. The highest BCUT2D eigenvalue weighted by Gasteiger charge is 2.35. The number of nitrogens with zero attached hydrogens (tertiary/aromatic N) is 1. The number of nitrogens with one attached hydrogen (secondary N) is 1. The molecule has 1 aliphatic rings. The first-order valence-corrected chi connectivity index (χ1v) is 10.3. The molecule has 3 rings (SSSR count). The monoisotopic (exact) mass is 376 g/mol. The van der Waals surface area contributed by atoms with Crippen molar-refractivity contribution in [2.24, 2.45) is 5.92 Å². The highest BCUT2D eigenvalue weighted by molar-refractivity contribution is 7.89. The topological polar surface area (TPSA) is 77.5 Å². The van der Waals surface area contributed by atoms with E-state index in [0.717, 1.165) is 29.5 Å². The van der Waals surface area contributed by atoms with Gasteiger partial charge in [0, 0.05) is 29.6 Å². The fourth-order valence-corrected chi connectivity index (χ4v) is 3.84. The number of aromatic nitrogens is 1. The van der Waals surface area contributed by atoms with Gasteiger partial charge < -0.3 is 9.47 Å². The van der Waals surface area contributed by atoms with Crippen LogP contribution in [0.15, 0.2) is 36.7 Å². The Bertz CT molecular complexity index is 879. The molecule has 0 radical (unpaired) electrons. The van der Waals surface area contributed by atoms with E-state index in [9.17, 15) is 8.42 Å². The van der Waals surface area contributed by atoms with E-state index in [0.29, 0.717) is 17.4 Å².